The number of halogens is 3. The zero-order valence-corrected chi connectivity index (χ0v) is 12.7. The summed E-state index contributed by atoms with van der Waals surface area (Å²) in [6.45, 7) is 1.75. The van der Waals surface area contributed by atoms with Crippen LogP contribution in [0, 0.1) is 0 Å². The number of likely N-dealkylation sites (tertiary alicyclic amines) is 1. The molecule has 1 heterocycles. The molecule has 5 nitrogen and oxygen atoms in total. The van der Waals surface area contributed by atoms with Gasteiger partial charge in [-0.3, -0.25) is 9.69 Å². The third-order valence-electron chi connectivity index (χ3n) is 3.65. The summed E-state index contributed by atoms with van der Waals surface area (Å²) in [4.78, 5) is 13.3. The number of rotatable bonds is 5. The van der Waals surface area contributed by atoms with Crippen molar-refractivity contribution >= 4 is 5.91 Å². The molecule has 2 N–H and O–H groups in total. The lowest BCUT2D eigenvalue weighted by molar-refractivity contribution is -0.154. The van der Waals surface area contributed by atoms with E-state index in [9.17, 15) is 23.1 Å². The molecule has 0 radical (unpaired) electrons. The van der Waals surface area contributed by atoms with Crippen LogP contribution in [0.3, 0.4) is 0 Å². The highest BCUT2D eigenvalue weighted by Gasteiger charge is 2.33. The summed E-state index contributed by atoms with van der Waals surface area (Å²) in [7, 11) is 1.46. The molecule has 1 aromatic carbocycles. The van der Waals surface area contributed by atoms with Gasteiger partial charge in [-0.2, -0.15) is 13.2 Å². The zero-order chi connectivity index (χ0) is 17.0. The fourth-order valence-corrected chi connectivity index (χ4v) is 2.63. The summed E-state index contributed by atoms with van der Waals surface area (Å²) in [6.07, 6.45) is -5.32. The standard InChI is InChI=1S/C15H19F3N2O3/c1-23-13-6-10(2-3-12(13)21)8-20-5-4-11(9-20)19-14(22)7-15(16,17)18/h2-3,6,11,21H,4-5,7-9H2,1H3,(H,19,22). The van der Waals surface area contributed by atoms with E-state index in [2.05, 4.69) is 5.32 Å². The van der Waals surface area contributed by atoms with Gasteiger partial charge >= 0.3 is 6.18 Å². The number of alkyl halides is 3. The maximum Gasteiger partial charge on any atom is 0.397 e. The lowest BCUT2D eigenvalue weighted by atomic mass is 10.2. The van der Waals surface area contributed by atoms with Crippen molar-refractivity contribution in [3.63, 3.8) is 0 Å². The number of aromatic hydroxyl groups is 1. The molecule has 0 aromatic heterocycles. The fourth-order valence-electron chi connectivity index (χ4n) is 2.63. The Hall–Kier alpha value is -1.96. The van der Waals surface area contributed by atoms with Gasteiger partial charge in [0.2, 0.25) is 5.91 Å². The van der Waals surface area contributed by atoms with Crippen molar-refractivity contribution in [1.82, 2.24) is 10.2 Å². The molecule has 1 aliphatic heterocycles. The van der Waals surface area contributed by atoms with E-state index in [0.29, 0.717) is 31.8 Å². The second-order valence-corrected chi connectivity index (χ2v) is 5.59. The molecule has 2 rings (SSSR count). The molecule has 8 heteroatoms. The number of phenols is 1. The minimum atomic E-state index is -4.48. The van der Waals surface area contributed by atoms with Crippen molar-refractivity contribution in [3.8, 4) is 11.5 Å². The van der Waals surface area contributed by atoms with Crippen molar-refractivity contribution < 1.29 is 27.8 Å². The van der Waals surface area contributed by atoms with E-state index in [1.807, 2.05) is 4.90 Å². The van der Waals surface area contributed by atoms with Gasteiger partial charge in [-0.1, -0.05) is 6.07 Å². The van der Waals surface area contributed by atoms with Crippen molar-refractivity contribution in [2.24, 2.45) is 0 Å². The SMILES string of the molecule is COc1cc(CN2CCC(NC(=O)CC(F)(F)F)C2)ccc1O. The highest BCUT2D eigenvalue weighted by Crippen LogP contribution is 2.27. The van der Waals surface area contributed by atoms with Crippen LogP contribution in [0.4, 0.5) is 13.2 Å². The zero-order valence-electron chi connectivity index (χ0n) is 12.7. The van der Waals surface area contributed by atoms with Crippen LogP contribution in [0.1, 0.15) is 18.4 Å². The van der Waals surface area contributed by atoms with Gasteiger partial charge in [0.15, 0.2) is 11.5 Å². The fraction of sp³-hybridized carbons (Fsp3) is 0.533. The van der Waals surface area contributed by atoms with Crippen LogP contribution in [0.15, 0.2) is 18.2 Å². The Morgan fingerprint density at radius 2 is 2.22 bits per heavy atom. The van der Waals surface area contributed by atoms with Crippen LogP contribution in [-0.2, 0) is 11.3 Å². The number of nitrogens with zero attached hydrogens (tertiary/aromatic N) is 1. The summed E-state index contributed by atoms with van der Waals surface area (Å²) >= 11 is 0. The molecule has 0 spiro atoms. The number of nitrogens with one attached hydrogen (secondary N) is 1. The van der Waals surface area contributed by atoms with E-state index in [4.69, 9.17) is 4.74 Å². The minimum absolute atomic E-state index is 0.0509. The Labute approximate surface area is 132 Å². The topological polar surface area (TPSA) is 61.8 Å². The van der Waals surface area contributed by atoms with Crippen LogP contribution < -0.4 is 10.1 Å². The number of methoxy groups -OCH3 is 1. The van der Waals surface area contributed by atoms with Gasteiger partial charge in [-0.25, -0.2) is 0 Å². The van der Waals surface area contributed by atoms with Gasteiger partial charge in [0.1, 0.15) is 6.42 Å². The molecule has 0 aliphatic carbocycles. The summed E-state index contributed by atoms with van der Waals surface area (Å²) in [5, 5.41) is 12.0. The number of benzene rings is 1. The van der Waals surface area contributed by atoms with Crippen molar-refractivity contribution in [3.05, 3.63) is 23.8 Å². The van der Waals surface area contributed by atoms with Gasteiger partial charge in [-0.15, -0.1) is 0 Å². The van der Waals surface area contributed by atoms with Gasteiger partial charge in [0, 0.05) is 25.7 Å². The average Bonchev–Trinajstić information content (AvgIpc) is 2.85. The Balaban J connectivity index is 1.85. The second-order valence-electron chi connectivity index (χ2n) is 5.59. The Bertz CT molecular complexity index is 563. The first-order valence-electron chi connectivity index (χ1n) is 7.21. The number of carbonyl (C=O) groups is 1. The highest BCUT2D eigenvalue weighted by molar-refractivity contribution is 5.76. The third-order valence-corrected chi connectivity index (χ3v) is 3.65. The van der Waals surface area contributed by atoms with E-state index >= 15 is 0 Å². The van der Waals surface area contributed by atoms with Gasteiger partial charge in [0.05, 0.1) is 7.11 Å². The van der Waals surface area contributed by atoms with Crippen molar-refractivity contribution in [2.45, 2.75) is 31.6 Å². The van der Waals surface area contributed by atoms with Crippen LogP contribution in [-0.4, -0.2) is 48.3 Å². The number of hydrogen-bond acceptors (Lipinski definition) is 4. The monoisotopic (exact) mass is 332 g/mol. The van der Waals surface area contributed by atoms with Crippen molar-refractivity contribution in [2.75, 3.05) is 20.2 Å². The quantitative estimate of drug-likeness (QED) is 0.866. The van der Waals surface area contributed by atoms with Gasteiger partial charge in [-0.05, 0) is 24.1 Å². The summed E-state index contributed by atoms with van der Waals surface area (Å²) in [6, 6.07) is 4.73. The first-order chi connectivity index (χ1) is 10.8. The summed E-state index contributed by atoms with van der Waals surface area (Å²) in [5.74, 6) is -0.567. The molecule has 0 bridgehead atoms. The van der Waals surface area contributed by atoms with E-state index in [1.54, 1.807) is 12.1 Å². The number of hydrogen-bond donors (Lipinski definition) is 2. The number of ether oxygens (including phenoxy) is 1. The molecule has 1 aliphatic rings. The first-order valence-corrected chi connectivity index (χ1v) is 7.21. The maximum atomic E-state index is 12.1. The highest BCUT2D eigenvalue weighted by atomic mass is 19.4. The second kappa shape index (κ2) is 7.08. The Kier molecular flexibility index (Phi) is 5.35. The number of carbonyl (C=O) groups excluding carboxylic acids is 1. The van der Waals surface area contributed by atoms with Crippen LogP contribution >= 0.6 is 0 Å². The minimum Gasteiger partial charge on any atom is -0.504 e. The molecular weight excluding hydrogens is 313 g/mol. The summed E-state index contributed by atoms with van der Waals surface area (Å²) in [5.41, 5.74) is 0.918. The van der Waals surface area contributed by atoms with Crippen LogP contribution in [0.25, 0.3) is 0 Å². The lowest BCUT2D eigenvalue weighted by Gasteiger charge is -2.17. The Morgan fingerprint density at radius 1 is 1.48 bits per heavy atom. The van der Waals surface area contributed by atoms with Crippen molar-refractivity contribution in [1.29, 1.82) is 0 Å². The normalized spacial score (nSPS) is 18.9. The number of amides is 1. The van der Waals surface area contributed by atoms with Crippen LogP contribution in [0.2, 0.25) is 0 Å². The third kappa shape index (κ3) is 5.31. The molecule has 0 saturated carbocycles. The molecule has 1 fully saturated rings. The molecule has 1 atom stereocenters. The summed E-state index contributed by atoms with van der Waals surface area (Å²) < 4.78 is 41.5. The first kappa shape index (κ1) is 17.4. The predicted octanol–water partition coefficient (Wildman–Crippen LogP) is 2.04. The predicted molar refractivity (Wildman–Crippen MR) is 77.2 cm³/mol. The smallest absolute Gasteiger partial charge is 0.397 e. The molecule has 1 unspecified atom stereocenters. The lowest BCUT2D eigenvalue weighted by Crippen LogP contribution is -2.38. The van der Waals surface area contributed by atoms with Gasteiger partial charge < -0.3 is 15.2 Å². The molecular formula is C15H19F3N2O3. The number of phenolic OH excluding ortho intramolecular Hbond substituents is 1. The van der Waals surface area contributed by atoms with E-state index in [1.165, 1.54) is 13.2 Å². The van der Waals surface area contributed by atoms with Crippen LogP contribution in [0.5, 0.6) is 11.5 Å². The van der Waals surface area contributed by atoms with E-state index < -0.39 is 18.5 Å². The molecule has 1 aromatic rings. The Morgan fingerprint density at radius 3 is 2.87 bits per heavy atom. The molecule has 23 heavy (non-hydrogen) atoms. The van der Waals surface area contributed by atoms with E-state index in [0.717, 1.165) is 5.56 Å². The molecule has 1 saturated heterocycles. The van der Waals surface area contributed by atoms with E-state index in [-0.39, 0.29) is 11.8 Å². The molecule has 128 valence electrons. The molecule has 1 amide bonds. The maximum absolute atomic E-state index is 12.1. The average molecular weight is 332 g/mol. The largest absolute Gasteiger partial charge is 0.504 e. The van der Waals surface area contributed by atoms with Gasteiger partial charge in [0.25, 0.3) is 0 Å².